The third kappa shape index (κ3) is 4.32. The van der Waals surface area contributed by atoms with Crippen LogP contribution in [0.25, 0.3) is 0 Å². The van der Waals surface area contributed by atoms with E-state index in [0.29, 0.717) is 6.10 Å². The van der Waals surface area contributed by atoms with Crippen LogP contribution >= 0.6 is 0 Å². The first-order chi connectivity index (χ1) is 4.85. The Hall–Kier alpha value is -0.570. The van der Waals surface area contributed by atoms with Gasteiger partial charge >= 0.3 is 0 Å². The van der Waals surface area contributed by atoms with Crippen LogP contribution in [0.15, 0.2) is 0 Å². The maximum Gasteiger partial charge on any atom is 0.290 e. The molecule has 1 atom stereocenters. The molecule has 1 unspecified atom stereocenters. The minimum atomic E-state index is -0.250. The average Bonchev–Trinajstić information content (AvgIpc) is 2.39. The summed E-state index contributed by atoms with van der Waals surface area (Å²) in [5, 5.41) is 6.89. The molecule has 3 nitrogen and oxygen atoms in total. The van der Waals surface area contributed by atoms with E-state index in [2.05, 4.69) is 6.92 Å². The number of hydrogen-bond donors (Lipinski definition) is 1. The third-order valence-electron chi connectivity index (χ3n) is 1.48. The number of carbonyl (C=O) groups is 1. The van der Waals surface area contributed by atoms with E-state index in [1.807, 2.05) is 0 Å². The van der Waals surface area contributed by atoms with Gasteiger partial charge in [0.15, 0.2) is 0 Å². The zero-order chi connectivity index (χ0) is 7.82. The van der Waals surface area contributed by atoms with Crippen molar-refractivity contribution in [1.29, 1.82) is 0 Å². The van der Waals surface area contributed by atoms with Gasteiger partial charge < -0.3 is 9.84 Å². The van der Waals surface area contributed by atoms with Gasteiger partial charge in [-0.2, -0.15) is 0 Å². The fraction of sp³-hybridized carbons (Fsp3) is 0.857. The highest BCUT2D eigenvalue weighted by Crippen LogP contribution is 2.13. The van der Waals surface area contributed by atoms with Crippen LogP contribution < -0.4 is 0 Å². The van der Waals surface area contributed by atoms with Crippen LogP contribution in [0.1, 0.15) is 26.2 Å². The van der Waals surface area contributed by atoms with Crippen LogP contribution in [0.5, 0.6) is 0 Å². The van der Waals surface area contributed by atoms with Gasteiger partial charge in [0, 0.05) is 6.61 Å². The van der Waals surface area contributed by atoms with Crippen LogP contribution in [0.4, 0.5) is 0 Å². The maximum atomic E-state index is 8.36. The summed E-state index contributed by atoms with van der Waals surface area (Å²) in [7, 11) is 0. The summed E-state index contributed by atoms with van der Waals surface area (Å²) >= 11 is 0. The molecular weight excluding hydrogens is 132 g/mol. The van der Waals surface area contributed by atoms with Crippen molar-refractivity contribution in [3.63, 3.8) is 0 Å². The number of ether oxygens (including phenoxy) is 1. The molecule has 0 aromatic heterocycles. The molecule has 0 aromatic carbocycles. The monoisotopic (exact) mass is 146 g/mol. The van der Waals surface area contributed by atoms with Crippen molar-refractivity contribution in [2.75, 3.05) is 6.61 Å². The Morgan fingerprint density at radius 3 is 2.60 bits per heavy atom. The van der Waals surface area contributed by atoms with Crippen LogP contribution in [0.3, 0.4) is 0 Å². The van der Waals surface area contributed by atoms with E-state index in [1.54, 1.807) is 0 Å². The van der Waals surface area contributed by atoms with Gasteiger partial charge in [0.25, 0.3) is 6.47 Å². The van der Waals surface area contributed by atoms with Gasteiger partial charge in [-0.1, -0.05) is 6.92 Å². The minimum absolute atomic E-state index is 0.250. The highest BCUT2D eigenvalue weighted by Gasteiger charge is 2.11. The third-order valence-corrected chi connectivity index (χ3v) is 1.48. The van der Waals surface area contributed by atoms with Crippen molar-refractivity contribution in [3.05, 3.63) is 0 Å². The Balaban J connectivity index is 0.000000236. The first-order valence-electron chi connectivity index (χ1n) is 3.54. The Labute approximate surface area is 61.0 Å². The molecule has 10 heavy (non-hydrogen) atoms. The Kier molecular flexibility index (Phi) is 6.18. The highest BCUT2D eigenvalue weighted by atomic mass is 16.5. The predicted octanol–water partition coefficient (Wildman–Crippen LogP) is 1.28. The van der Waals surface area contributed by atoms with Gasteiger partial charge in [0.05, 0.1) is 6.10 Å². The van der Waals surface area contributed by atoms with E-state index in [4.69, 9.17) is 14.6 Å². The van der Waals surface area contributed by atoms with Crippen molar-refractivity contribution >= 4 is 6.47 Å². The van der Waals surface area contributed by atoms with Gasteiger partial charge in [-0.25, -0.2) is 0 Å². The summed E-state index contributed by atoms with van der Waals surface area (Å²) in [6.45, 7) is 2.93. The van der Waals surface area contributed by atoms with E-state index in [0.717, 1.165) is 6.61 Å². The number of rotatable bonds is 1. The van der Waals surface area contributed by atoms with E-state index in [1.165, 1.54) is 19.3 Å². The SMILES string of the molecule is CCC1CCCO1.O=CO. The summed E-state index contributed by atoms with van der Waals surface area (Å²) in [5.41, 5.74) is 0. The molecule has 1 heterocycles. The average molecular weight is 146 g/mol. The van der Waals surface area contributed by atoms with E-state index in [-0.39, 0.29) is 6.47 Å². The summed E-state index contributed by atoms with van der Waals surface area (Å²) in [4.78, 5) is 8.36. The quantitative estimate of drug-likeness (QED) is 0.567. The fourth-order valence-corrected chi connectivity index (χ4v) is 0.966. The van der Waals surface area contributed by atoms with E-state index in [9.17, 15) is 0 Å². The molecule has 1 N–H and O–H groups in total. The standard InChI is InChI=1S/C6H12O.CH2O2/c1-2-6-4-3-5-7-6;2-1-3/h6H,2-5H2,1H3;1H,(H,2,3). The van der Waals surface area contributed by atoms with Crippen LogP contribution in [-0.2, 0) is 9.53 Å². The zero-order valence-corrected chi connectivity index (χ0v) is 6.25. The van der Waals surface area contributed by atoms with Crippen molar-refractivity contribution in [3.8, 4) is 0 Å². The van der Waals surface area contributed by atoms with Crippen molar-refractivity contribution in [2.45, 2.75) is 32.3 Å². The maximum absolute atomic E-state index is 8.36. The molecule has 0 amide bonds. The molecule has 0 saturated carbocycles. The Morgan fingerprint density at radius 2 is 2.40 bits per heavy atom. The van der Waals surface area contributed by atoms with Crippen LogP contribution in [0.2, 0.25) is 0 Å². The molecule has 1 saturated heterocycles. The van der Waals surface area contributed by atoms with Gasteiger partial charge in [0.2, 0.25) is 0 Å². The lowest BCUT2D eigenvalue weighted by Gasteiger charge is -2.01. The van der Waals surface area contributed by atoms with E-state index >= 15 is 0 Å². The smallest absolute Gasteiger partial charge is 0.290 e. The Bertz CT molecular complexity index is 76.9. The molecule has 1 rings (SSSR count). The van der Waals surface area contributed by atoms with Crippen LogP contribution in [-0.4, -0.2) is 24.3 Å². The number of hydrogen-bond acceptors (Lipinski definition) is 2. The lowest BCUT2D eigenvalue weighted by Crippen LogP contribution is -2.00. The predicted molar refractivity (Wildman–Crippen MR) is 38.0 cm³/mol. The van der Waals surface area contributed by atoms with Crippen molar-refractivity contribution in [1.82, 2.24) is 0 Å². The molecule has 0 radical (unpaired) electrons. The second-order valence-corrected chi connectivity index (χ2v) is 2.15. The summed E-state index contributed by atoms with van der Waals surface area (Å²) in [6, 6.07) is 0. The lowest BCUT2D eigenvalue weighted by molar-refractivity contribution is -0.122. The number of carboxylic acid groups (broad SMARTS) is 1. The largest absolute Gasteiger partial charge is 0.483 e. The van der Waals surface area contributed by atoms with Crippen molar-refractivity contribution in [2.24, 2.45) is 0 Å². The molecule has 1 fully saturated rings. The molecule has 3 heteroatoms. The highest BCUT2D eigenvalue weighted by molar-refractivity contribution is 5.32. The zero-order valence-electron chi connectivity index (χ0n) is 6.25. The summed E-state index contributed by atoms with van der Waals surface area (Å²) in [5.74, 6) is 0. The van der Waals surface area contributed by atoms with Gasteiger partial charge in [-0.05, 0) is 19.3 Å². The molecule has 1 aliphatic heterocycles. The molecule has 0 aliphatic carbocycles. The normalized spacial score (nSPS) is 23.1. The van der Waals surface area contributed by atoms with Gasteiger partial charge in [-0.15, -0.1) is 0 Å². The Morgan fingerprint density at radius 1 is 1.80 bits per heavy atom. The summed E-state index contributed by atoms with van der Waals surface area (Å²) in [6.07, 6.45) is 4.36. The first-order valence-corrected chi connectivity index (χ1v) is 3.54. The fourth-order valence-electron chi connectivity index (χ4n) is 0.966. The van der Waals surface area contributed by atoms with E-state index < -0.39 is 0 Å². The molecule has 0 spiro atoms. The van der Waals surface area contributed by atoms with Crippen molar-refractivity contribution < 1.29 is 14.6 Å². The topological polar surface area (TPSA) is 46.5 Å². The second kappa shape index (κ2) is 6.55. The molecule has 0 bridgehead atoms. The van der Waals surface area contributed by atoms with Gasteiger partial charge in [0.1, 0.15) is 0 Å². The summed E-state index contributed by atoms with van der Waals surface area (Å²) < 4.78 is 5.30. The molecule has 60 valence electrons. The first kappa shape index (κ1) is 9.43. The lowest BCUT2D eigenvalue weighted by atomic mass is 10.2. The molecule has 0 aromatic rings. The van der Waals surface area contributed by atoms with Gasteiger partial charge in [-0.3, -0.25) is 4.79 Å². The molecule has 1 aliphatic rings. The molecular formula is C7H14O3. The van der Waals surface area contributed by atoms with Crippen LogP contribution in [0, 0.1) is 0 Å². The minimum Gasteiger partial charge on any atom is -0.483 e. The second-order valence-electron chi connectivity index (χ2n) is 2.15.